The molecule has 0 atom stereocenters. The lowest BCUT2D eigenvalue weighted by atomic mass is 9.90. The second kappa shape index (κ2) is 6.35. The largest absolute Gasteiger partial charge is 0.337 e. The molecule has 0 radical (unpaired) electrons. The Morgan fingerprint density at radius 1 is 1.20 bits per heavy atom. The third kappa shape index (κ3) is 3.01. The number of likely N-dealkylation sites (tertiary alicyclic amines) is 1. The molecule has 2 aliphatic heterocycles. The van der Waals surface area contributed by atoms with Crippen LogP contribution >= 0.6 is 0 Å². The molecule has 0 saturated carbocycles. The fourth-order valence-electron chi connectivity index (χ4n) is 3.23. The Morgan fingerprint density at radius 2 is 1.95 bits per heavy atom. The smallest absolute Gasteiger partial charge is 0.272 e. The predicted molar refractivity (Wildman–Crippen MR) is 78.8 cm³/mol. The summed E-state index contributed by atoms with van der Waals surface area (Å²) in [6.45, 7) is 3.92. The average molecular weight is 273 g/mol. The first-order valence-corrected chi connectivity index (χ1v) is 7.80. The molecule has 3 rings (SSSR count). The molecule has 4 heteroatoms. The van der Waals surface area contributed by atoms with Crippen LogP contribution in [-0.2, 0) is 0 Å². The summed E-state index contributed by atoms with van der Waals surface area (Å²) in [6, 6.07) is 4.09. The van der Waals surface area contributed by atoms with Gasteiger partial charge >= 0.3 is 0 Å². The fourth-order valence-corrected chi connectivity index (χ4v) is 3.23. The molecule has 2 aliphatic rings. The molecule has 20 heavy (non-hydrogen) atoms. The zero-order valence-corrected chi connectivity index (χ0v) is 12.0. The molecule has 1 aromatic rings. The van der Waals surface area contributed by atoms with Gasteiger partial charge in [-0.2, -0.15) is 0 Å². The van der Waals surface area contributed by atoms with Crippen molar-refractivity contribution in [3.05, 3.63) is 29.6 Å². The van der Waals surface area contributed by atoms with Crippen LogP contribution in [0.3, 0.4) is 0 Å². The van der Waals surface area contributed by atoms with Crippen molar-refractivity contribution in [2.75, 3.05) is 26.2 Å². The Labute approximate surface area is 120 Å². The van der Waals surface area contributed by atoms with Crippen molar-refractivity contribution in [1.82, 2.24) is 15.2 Å². The molecule has 1 aromatic heterocycles. The van der Waals surface area contributed by atoms with Crippen molar-refractivity contribution in [2.45, 2.75) is 38.0 Å². The Hall–Kier alpha value is -1.42. The van der Waals surface area contributed by atoms with Crippen LogP contribution in [0.15, 0.2) is 18.3 Å². The molecular formula is C16H23N3O. The monoisotopic (exact) mass is 273 g/mol. The molecular weight excluding hydrogens is 250 g/mol. The standard InChI is InChI=1S/C16H23N3O/c20-16(19-10-2-1-3-11-19)15-12-14(6-9-18-15)13-4-7-17-8-5-13/h6,9,12-13,17H,1-5,7-8,10-11H2. The van der Waals surface area contributed by atoms with Crippen LogP contribution in [0.4, 0.5) is 0 Å². The lowest BCUT2D eigenvalue weighted by molar-refractivity contribution is 0.0718. The summed E-state index contributed by atoms with van der Waals surface area (Å²) in [5.74, 6) is 0.688. The molecule has 1 N–H and O–H groups in total. The van der Waals surface area contributed by atoms with Crippen molar-refractivity contribution in [3.8, 4) is 0 Å². The number of pyridine rings is 1. The van der Waals surface area contributed by atoms with E-state index in [1.54, 1.807) is 6.20 Å². The van der Waals surface area contributed by atoms with E-state index >= 15 is 0 Å². The number of hydrogen-bond donors (Lipinski definition) is 1. The van der Waals surface area contributed by atoms with E-state index in [4.69, 9.17) is 0 Å². The molecule has 0 aromatic carbocycles. The highest BCUT2D eigenvalue weighted by molar-refractivity contribution is 5.92. The molecule has 0 aliphatic carbocycles. The van der Waals surface area contributed by atoms with Crippen LogP contribution in [0.2, 0.25) is 0 Å². The van der Waals surface area contributed by atoms with E-state index in [0.717, 1.165) is 51.9 Å². The number of amides is 1. The van der Waals surface area contributed by atoms with Gasteiger partial charge in [0.25, 0.3) is 5.91 Å². The van der Waals surface area contributed by atoms with Crippen molar-refractivity contribution < 1.29 is 4.79 Å². The first-order chi connectivity index (χ1) is 9.84. The van der Waals surface area contributed by atoms with Gasteiger partial charge in [-0.3, -0.25) is 9.78 Å². The lowest BCUT2D eigenvalue weighted by Crippen LogP contribution is -2.36. The van der Waals surface area contributed by atoms with Gasteiger partial charge in [0.05, 0.1) is 0 Å². The molecule has 4 nitrogen and oxygen atoms in total. The van der Waals surface area contributed by atoms with Gasteiger partial charge in [-0.05, 0) is 68.8 Å². The second-order valence-electron chi connectivity index (χ2n) is 5.85. The highest BCUT2D eigenvalue weighted by atomic mass is 16.2. The van der Waals surface area contributed by atoms with Crippen LogP contribution < -0.4 is 5.32 Å². The van der Waals surface area contributed by atoms with Gasteiger partial charge in [0.15, 0.2) is 0 Å². The van der Waals surface area contributed by atoms with Crippen LogP contribution in [0.5, 0.6) is 0 Å². The summed E-state index contributed by atoms with van der Waals surface area (Å²) in [6.07, 6.45) is 7.60. The summed E-state index contributed by atoms with van der Waals surface area (Å²) >= 11 is 0. The van der Waals surface area contributed by atoms with Gasteiger partial charge in [0.1, 0.15) is 5.69 Å². The van der Waals surface area contributed by atoms with Gasteiger partial charge in [0, 0.05) is 19.3 Å². The summed E-state index contributed by atoms with van der Waals surface area (Å²) < 4.78 is 0. The SMILES string of the molecule is O=C(c1cc(C2CCNCC2)ccn1)N1CCCCC1. The third-order valence-corrected chi connectivity index (χ3v) is 4.46. The maximum Gasteiger partial charge on any atom is 0.272 e. The number of carbonyl (C=O) groups is 1. The number of aromatic nitrogens is 1. The minimum absolute atomic E-state index is 0.112. The second-order valence-corrected chi connectivity index (χ2v) is 5.85. The van der Waals surface area contributed by atoms with E-state index in [-0.39, 0.29) is 5.91 Å². The minimum Gasteiger partial charge on any atom is -0.337 e. The van der Waals surface area contributed by atoms with Gasteiger partial charge in [-0.1, -0.05) is 0 Å². The van der Waals surface area contributed by atoms with Crippen molar-refractivity contribution in [1.29, 1.82) is 0 Å². The molecule has 3 heterocycles. The van der Waals surface area contributed by atoms with Gasteiger partial charge in [-0.15, -0.1) is 0 Å². The Kier molecular flexibility index (Phi) is 4.31. The zero-order chi connectivity index (χ0) is 13.8. The average Bonchev–Trinajstić information content (AvgIpc) is 2.56. The van der Waals surface area contributed by atoms with Crippen LogP contribution in [-0.4, -0.2) is 42.0 Å². The molecule has 2 saturated heterocycles. The van der Waals surface area contributed by atoms with E-state index in [2.05, 4.69) is 16.4 Å². The number of hydrogen-bond acceptors (Lipinski definition) is 3. The van der Waals surface area contributed by atoms with Crippen molar-refractivity contribution >= 4 is 5.91 Å². The number of nitrogens with one attached hydrogen (secondary N) is 1. The Balaban J connectivity index is 1.74. The third-order valence-electron chi connectivity index (χ3n) is 4.46. The number of piperidine rings is 2. The fraction of sp³-hybridized carbons (Fsp3) is 0.625. The summed E-state index contributed by atoms with van der Waals surface area (Å²) in [4.78, 5) is 18.7. The predicted octanol–water partition coefficient (Wildman–Crippen LogP) is 2.17. The van der Waals surface area contributed by atoms with E-state index in [1.807, 2.05) is 11.0 Å². The maximum absolute atomic E-state index is 12.5. The molecule has 108 valence electrons. The van der Waals surface area contributed by atoms with Gasteiger partial charge in [0.2, 0.25) is 0 Å². The van der Waals surface area contributed by atoms with Crippen LogP contribution in [0.1, 0.15) is 54.1 Å². The van der Waals surface area contributed by atoms with Crippen molar-refractivity contribution in [3.63, 3.8) is 0 Å². The topological polar surface area (TPSA) is 45.2 Å². The Morgan fingerprint density at radius 3 is 2.70 bits per heavy atom. The molecule has 2 fully saturated rings. The molecule has 0 spiro atoms. The Bertz CT molecular complexity index is 463. The van der Waals surface area contributed by atoms with E-state index in [1.165, 1.54) is 12.0 Å². The lowest BCUT2D eigenvalue weighted by Gasteiger charge is -2.27. The number of rotatable bonds is 2. The summed E-state index contributed by atoms with van der Waals surface area (Å²) in [5, 5.41) is 3.38. The first-order valence-electron chi connectivity index (χ1n) is 7.80. The quantitative estimate of drug-likeness (QED) is 0.898. The van der Waals surface area contributed by atoms with Crippen LogP contribution in [0.25, 0.3) is 0 Å². The number of nitrogens with zero attached hydrogens (tertiary/aromatic N) is 2. The van der Waals surface area contributed by atoms with E-state index in [9.17, 15) is 4.79 Å². The van der Waals surface area contributed by atoms with Crippen LogP contribution in [0, 0.1) is 0 Å². The maximum atomic E-state index is 12.5. The molecule has 0 bridgehead atoms. The van der Waals surface area contributed by atoms with Gasteiger partial charge < -0.3 is 10.2 Å². The van der Waals surface area contributed by atoms with Crippen molar-refractivity contribution in [2.24, 2.45) is 0 Å². The zero-order valence-electron chi connectivity index (χ0n) is 12.0. The summed E-state index contributed by atoms with van der Waals surface area (Å²) in [7, 11) is 0. The highest BCUT2D eigenvalue weighted by Gasteiger charge is 2.21. The van der Waals surface area contributed by atoms with E-state index in [0.29, 0.717) is 11.6 Å². The van der Waals surface area contributed by atoms with E-state index < -0.39 is 0 Å². The minimum atomic E-state index is 0.112. The molecule has 1 amide bonds. The number of carbonyl (C=O) groups excluding carboxylic acids is 1. The molecule has 0 unspecified atom stereocenters. The summed E-state index contributed by atoms with van der Waals surface area (Å²) in [5.41, 5.74) is 1.91. The normalized spacial score (nSPS) is 20.9. The van der Waals surface area contributed by atoms with Gasteiger partial charge in [-0.25, -0.2) is 0 Å². The highest BCUT2D eigenvalue weighted by Crippen LogP contribution is 2.25. The first kappa shape index (κ1) is 13.6.